The van der Waals surface area contributed by atoms with Gasteiger partial charge in [-0.05, 0) is 80.5 Å². The summed E-state index contributed by atoms with van der Waals surface area (Å²) in [6, 6.07) is 0. The van der Waals surface area contributed by atoms with E-state index < -0.39 is 22.6 Å². The average molecular weight is 413 g/mol. The first-order chi connectivity index (χ1) is 13.0. The van der Waals surface area contributed by atoms with Gasteiger partial charge in [-0.3, -0.25) is 9.35 Å². The van der Waals surface area contributed by atoms with Crippen LogP contribution in [0.1, 0.15) is 65.7 Å². The third-order valence-corrected chi connectivity index (χ3v) is 9.27. The summed E-state index contributed by atoms with van der Waals surface area (Å²) < 4.78 is 37.9. The van der Waals surface area contributed by atoms with E-state index in [4.69, 9.17) is 4.18 Å². The van der Waals surface area contributed by atoms with Crippen molar-refractivity contribution in [2.45, 2.75) is 77.9 Å². The Kier molecular flexibility index (Phi) is 4.85. The van der Waals surface area contributed by atoms with E-state index in [2.05, 4.69) is 13.8 Å². The molecule has 4 rings (SSSR count). The van der Waals surface area contributed by atoms with E-state index in [0.29, 0.717) is 6.42 Å². The summed E-state index contributed by atoms with van der Waals surface area (Å²) in [6.45, 7) is 6.09. The van der Waals surface area contributed by atoms with Gasteiger partial charge in [-0.25, -0.2) is 4.18 Å². The zero-order valence-corrected chi connectivity index (χ0v) is 17.7. The van der Waals surface area contributed by atoms with Crippen LogP contribution in [0.3, 0.4) is 0 Å². The largest absolute Gasteiger partial charge is 0.397 e. The molecule has 158 valence electrons. The molecular weight excluding hydrogens is 380 g/mol. The molecule has 0 saturated heterocycles. The number of aliphatic hydroxyl groups is 1. The van der Waals surface area contributed by atoms with Gasteiger partial charge in [0.2, 0.25) is 0 Å². The predicted molar refractivity (Wildman–Crippen MR) is 104 cm³/mol. The van der Waals surface area contributed by atoms with Crippen molar-refractivity contribution in [1.82, 2.24) is 0 Å². The number of carbonyl (C=O) groups is 1. The molecule has 0 aromatic carbocycles. The predicted octanol–water partition coefficient (Wildman–Crippen LogP) is 3.31. The minimum atomic E-state index is -4.60. The number of rotatable bonds is 3. The Labute approximate surface area is 167 Å². The van der Waals surface area contributed by atoms with Crippen LogP contribution in [0.5, 0.6) is 0 Å². The molecule has 5 unspecified atom stereocenters. The molecule has 6 nitrogen and oxygen atoms in total. The lowest BCUT2D eigenvalue weighted by atomic mass is 9.46. The number of fused-ring (bicyclic) bond motifs is 5. The van der Waals surface area contributed by atoms with Crippen molar-refractivity contribution in [1.29, 1.82) is 0 Å². The minimum absolute atomic E-state index is 0.0104. The lowest BCUT2D eigenvalue weighted by Crippen LogP contribution is -2.55. The van der Waals surface area contributed by atoms with E-state index in [1.165, 1.54) is 0 Å². The molecule has 0 amide bonds. The molecule has 0 aromatic heterocycles. The van der Waals surface area contributed by atoms with Crippen LogP contribution in [0, 0.1) is 34.5 Å². The van der Waals surface area contributed by atoms with Gasteiger partial charge in [-0.2, -0.15) is 8.42 Å². The maximum Gasteiger partial charge on any atom is 0.397 e. The van der Waals surface area contributed by atoms with Gasteiger partial charge in [0.25, 0.3) is 0 Å². The second-order valence-corrected chi connectivity index (χ2v) is 11.1. The highest BCUT2D eigenvalue weighted by molar-refractivity contribution is 7.80. The van der Waals surface area contributed by atoms with Gasteiger partial charge in [0.15, 0.2) is 0 Å². The van der Waals surface area contributed by atoms with Crippen LogP contribution in [-0.2, 0) is 19.4 Å². The average Bonchev–Trinajstić information content (AvgIpc) is 2.92. The molecule has 7 heteroatoms. The van der Waals surface area contributed by atoms with Crippen LogP contribution in [-0.4, -0.2) is 36.1 Å². The van der Waals surface area contributed by atoms with Gasteiger partial charge >= 0.3 is 10.4 Å². The molecule has 0 radical (unpaired) electrons. The van der Waals surface area contributed by atoms with Gasteiger partial charge in [0, 0.05) is 5.92 Å². The summed E-state index contributed by atoms with van der Waals surface area (Å²) in [4.78, 5) is 12.3. The standard InChI is InChI=1S/C21H32O6S/c1-12(22)15-4-5-16-19-17(7-9-21(15,16)3)20(2)8-6-14(23)10-13(20)11-18(19)27-28(24,25)26/h11,14-19,23H,4-10H2,1-3H3,(H,24,25,26)/t14-,15?,16?,17?,18?,19?,20-,21+/m0/s1. The summed E-state index contributed by atoms with van der Waals surface area (Å²) in [7, 11) is -4.60. The molecule has 0 heterocycles. The normalized spacial score (nSPS) is 48.2. The lowest BCUT2D eigenvalue weighted by molar-refractivity contribution is -0.130. The SMILES string of the molecule is CC(=O)C1CCC2C3C(OS(=O)(=O)O)C=C4C[C@@H](O)CC[C@]4(C)C3CC[C@]12C. The smallest absolute Gasteiger partial charge is 0.393 e. The summed E-state index contributed by atoms with van der Waals surface area (Å²) in [5.74, 6) is 0.601. The highest BCUT2D eigenvalue weighted by Gasteiger charge is 2.62. The number of hydrogen-bond donors (Lipinski definition) is 2. The summed E-state index contributed by atoms with van der Waals surface area (Å²) in [5.41, 5.74) is 0.827. The first-order valence-corrected chi connectivity index (χ1v) is 11.9. The van der Waals surface area contributed by atoms with Gasteiger partial charge in [0.1, 0.15) is 11.9 Å². The third-order valence-electron chi connectivity index (χ3n) is 8.81. The first kappa shape index (κ1) is 20.5. The van der Waals surface area contributed by atoms with E-state index in [0.717, 1.165) is 44.1 Å². The Hall–Kier alpha value is -0.760. The zero-order chi connectivity index (χ0) is 20.5. The van der Waals surface area contributed by atoms with Crippen LogP contribution >= 0.6 is 0 Å². The highest BCUT2D eigenvalue weighted by atomic mass is 32.3. The monoisotopic (exact) mass is 412 g/mol. The summed E-state index contributed by atoms with van der Waals surface area (Å²) >= 11 is 0. The summed E-state index contributed by atoms with van der Waals surface area (Å²) in [5, 5.41) is 10.2. The van der Waals surface area contributed by atoms with E-state index in [9.17, 15) is 22.9 Å². The van der Waals surface area contributed by atoms with Crippen LogP contribution < -0.4 is 0 Å². The Morgan fingerprint density at radius 3 is 2.50 bits per heavy atom. The van der Waals surface area contributed by atoms with Crippen LogP contribution in [0.25, 0.3) is 0 Å². The van der Waals surface area contributed by atoms with Gasteiger partial charge in [0.05, 0.1) is 6.10 Å². The van der Waals surface area contributed by atoms with Crippen LogP contribution in [0.15, 0.2) is 11.6 Å². The highest BCUT2D eigenvalue weighted by Crippen LogP contribution is 2.66. The fraction of sp³-hybridized carbons (Fsp3) is 0.857. The number of aliphatic hydroxyl groups excluding tert-OH is 1. The second-order valence-electron chi connectivity index (χ2n) is 10.1. The fourth-order valence-electron chi connectivity index (χ4n) is 7.50. The molecule has 0 bridgehead atoms. The fourth-order valence-corrected chi connectivity index (χ4v) is 7.97. The molecule has 8 atom stereocenters. The molecule has 0 aromatic rings. The van der Waals surface area contributed by atoms with Crippen molar-refractivity contribution in [3.05, 3.63) is 11.6 Å². The number of ketones is 1. The summed E-state index contributed by atoms with van der Waals surface area (Å²) in [6.07, 6.45) is 6.46. The van der Waals surface area contributed by atoms with Gasteiger partial charge in [-0.1, -0.05) is 25.5 Å². The van der Waals surface area contributed by atoms with Crippen molar-refractivity contribution < 1.29 is 27.1 Å². The molecular formula is C21H32O6S. The maximum atomic E-state index is 12.3. The maximum absolute atomic E-state index is 12.3. The molecule has 2 N–H and O–H groups in total. The third kappa shape index (κ3) is 3.09. The molecule has 3 saturated carbocycles. The molecule has 4 aliphatic rings. The van der Waals surface area contributed by atoms with Gasteiger partial charge in [-0.15, -0.1) is 0 Å². The van der Waals surface area contributed by atoms with Crippen molar-refractivity contribution in [3.8, 4) is 0 Å². The van der Waals surface area contributed by atoms with Crippen LogP contribution in [0.2, 0.25) is 0 Å². The molecule has 0 aliphatic heterocycles. The number of hydrogen-bond acceptors (Lipinski definition) is 5. The lowest BCUT2D eigenvalue weighted by Gasteiger charge is -2.59. The minimum Gasteiger partial charge on any atom is -0.393 e. The quantitative estimate of drug-likeness (QED) is 0.545. The molecule has 0 spiro atoms. The van der Waals surface area contributed by atoms with E-state index in [-0.39, 0.29) is 40.3 Å². The van der Waals surface area contributed by atoms with E-state index >= 15 is 0 Å². The van der Waals surface area contributed by atoms with Crippen molar-refractivity contribution in [3.63, 3.8) is 0 Å². The van der Waals surface area contributed by atoms with E-state index in [1.807, 2.05) is 6.08 Å². The van der Waals surface area contributed by atoms with Crippen molar-refractivity contribution >= 4 is 16.2 Å². The van der Waals surface area contributed by atoms with Crippen molar-refractivity contribution in [2.24, 2.45) is 34.5 Å². The number of Topliss-reactive ketones (excluding diaryl/α,β-unsaturated/α-hetero) is 1. The van der Waals surface area contributed by atoms with Gasteiger partial charge < -0.3 is 5.11 Å². The number of carbonyl (C=O) groups excluding carboxylic acids is 1. The van der Waals surface area contributed by atoms with Crippen molar-refractivity contribution in [2.75, 3.05) is 0 Å². The topological polar surface area (TPSA) is 101 Å². The zero-order valence-electron chi connectivity index (χ0n) is 16.9. The second kappa shape index (κ2) is 6.62. The molecule has 28 heavy (non-hydrogen) atoms. The Balaban J connectivity index is 1.78. The Morgan fingerprint density at radius 2 is 1.86 bits per heavy atom. The first-order valence-electron chi connectivity index (χ1n) is 10.5. The molecule has 4 aliphatic carbocycles. The Bertz CT molecular complexity index is 804. The van der Waals surface area contributed by atoms with Crippen LogP contribution in [0.4, 0.5) is 0 Å². The Morgan fingerprint density at radius 1 is 1.14 bits per heavy atom. The van der Waals surface area contributed by atoms with E-state index in [1.54, 1.807) is 6.92 Å². The molecule has 3 fully saturated rings.